The molecule has 1 aromatic carbocycles. The van der Waals surface area contributed by atoms with Crippen molar-refractivity contribution in [2.24, 2.45) is 0 Å². The van der Waals surface area contributed by atoms with Gasteiger partial charge in [-0.2, -0.15) is 0 Å². The summed E-state index contributed by atoms with van der Waals surface area (Å²) >= 11 is 0. The first-order valence-corrected chi connectivity index (χ1v) is 6.31. The van der Waals surface area contributed by atoms with E-state index in [0.29, 0.717) is 6.54 Å². The van der Waals surface area contributed by atoms with Crippen LogP contribution in [0.1, 0.15) is 12.5 Å². The highest BCUT2D eigenvalue weighted by Crippen LogP contribution is 2.35. The molecule has 0 spiro atoms. The second kappa shape index (κ2) is 4.93. The summed E-state index contributed by atoms with van der Waals surface area (Å²) < 4.78 is 10.7. The van der Waals surface area contributed by atoms with Gasteiger partial charge in [0.25, 0.3) is 0 Å². The first kappa shape index (κ1) is 12.0. The number of rotatable bonds is 3. The number of fused-ring (bicyclic) bond motifs is 1. The number of carbonyl (C=O) groups excluding carboxylic acids is 1. The molecule has 0 aliphatic carbocycles. The Kier molecular flexibility index (Phi) is 3.13. The highest BCUT2D eigenvalue weighted by atomic mass is 16.7. The molecule has 0 atom stereocenters. The molecular formula is C14H16N2O3. The van der Waals surface area contributed by atoms with Gasteiger partial charge in [-0.25, -0.2) is 0 Å². The second-order valence-electron chi connectivity index (χ2n) is 4.67. The van der Waals surface area contributed by atoms with E-state index in [1.165, 1.54) is 5.57 Å². The van der Waals surface area contributed by atoms with E-state index in [1.807, 2.05) is 25.1 Å². The molecule has 1 fully saturated rings. The van der Waals surface area contributed by atoms with E-state index >= 15 is 0 Å². The van der Waals surface area contributed by atoms with Crippen molar-refractivity contribution in [3.8, 4) is 11.5 Å². The van der Waals surface area contributed by atoms with E-state index < -0.39 is 0 Å². The lowest BCUT2D eigenvalue weighted by molar-refractivity contribution is -0.117. The number of carbonyl (C=O) groups is 1. The molecule has 2 aliphatic heterocycles. The Balaban J connectivity index is 1.67. The highest BCUT2D eigenvalue weighted by Gasteiger charge is 2.19. The van der Waals surface area contributed by atoms with Gasteiger partial charge in [-0.05, 0) is 18.6 Å². The van der Waals surface area contributed by atoms with E-state index in [1.54, 1.807) is 0 Å². The summed E-state index contributed by atoms with van der Waals surface area (Å²) in [4.78, 5) is 12.0. The van der Waals surface area contributed by atoms with Crippen LogP contribution in [0.4, 0.5) is 0 Å². The van der Waals surface area contributed by atoms with Gasteiger partial charge in [-0.1, -0.05) is 12.1 Å². The van der Waals surface area contributed by atoms with Crippen molar-refractivity contribution < 1.29 is 14.3 Å². The minimum absolute atomic E-state index is 0.0204. The van der Waals surface area contributed by atoms with Gasteiger partial charge in [0.1, 0.15) is 0 Å². The fraction of sp³-hybridized carbons (Fsp3) is 0.357. The topological polar surface area (TPSA) is 59.6 Å². The number of hydrogen-bond acceptors (Lipinski definition) is 4. The fourth-order valence-corrected chi connectivity index (χ4v) is 2.11. The van der Waals surface area contributed by atoms with E-state index in [0.717, 1.165) is 35.7 Å². The maximum Gasteiger partial charge on any atom is 0.247 e. The number of amides is 1. The summed E-state index contributed by atoms with van der Waals surface area (Å²) in [7, 11) is 0. The number of para-hydroxylation sites is 1. The van der Waals surface area contributed by atoms with E-state index in [4.69, 9.17) is 9.47 Å². The minimum Gasteiger partial charge on any atom is -0.454 e. The van der Waals surface area contributed by atoms with Gasteiger partial charge in [0.2, 0.25) is 12.7 Å². The molecule has 100 valence electrons. The van der Waals surface area contributed by atoms with Crippen LogP contribution < -0.4 is 20.1 Å². The molecule has 0 aromatic heterocycles. The number of hydrogen-bond donors (Lipinski definition) is 2. The van der Waals surface area contributed by atoms with Crippen LogP contribution in [0.3, 0.4) is 0 Å². The van der Waals surface area contributed by atoms with Crippen molar-refractivity contribution in [2.45, 2.75) is 13.5 Å². The monoisotopic (exact) mass is 260 g/mol. The summed E-state index contributed by atoms with van der Waals surface area (Å²) in [5.41, 5.74) is 2.92. The molecular weight excluding hydrogens is 244 g/mol. The largest absolute Gasteiger partial charge is 0.454 e. The minimum atomic E-state index is -0.0204. The molecule has 0 bridgehead atoms. The van der Waals surface area contributed by atoms with Crippen molar-refractivity contribution in [3.63, 3.8) is 0 Å². The second-order valence-corrected chi connectivity index (χ2v) is 4.67. The smallest absolute Gasteiger partial charge is 0.247 e. The van der Waals surface area contributed by atoms with E-state index in [9.17, 15) is 4.79 Å². The van der Waals surface area contributed by atoms with E-state index in [-0.39, 0.29) is 12.7 Å². The predicted octanol–water partition coefficient (Wildman–Crippen LogP) is 0.951. The first-order chi connectivity index (χ1) is 9.25. The third kappa shape index (κ3) is 2.29. The van der Waals surface area contributed by atoms with Crippen LogP contribution in [-0.4, -0.2) is 25.8 Å². The Morgan fingerprint density at radius 3 is 2.95 bits per heavy atom. The Morgan fingerprint density at radius 2 is 2.21 bits per heavy atom. The predicted molar refractivity (Wildman–Crippen MR) is 70.0 cm³/mol. The third-order valence-electron chi connectivity index (χ3n) is 3.47. The van der Waals surface area contributed by atoms with Crippen LogP contribution >= 0.6 is 0 Å². The van der Waals surface area contributed by atoms with Gasteiger partial charge >= 0.3 is 0 Å². The zero-order chi connectivity index (χ0) is 13.2. The standard InChI is InChI=1S/C14H16N2O3/c1-9(11-5-15-6-11)14(17)16-7-10-3-2-4-12-13(10)19-8-18-12/h2-4,15H,5-8H2,1H3,(H,16,17). The normalized spacial score (nSPS) is 15.9. The molecule has 2 aliphatic rings. The lowest BCUT2D eigenvalue weighted by atomic mass is 10.0. The molecule has 5 nitrogen and oxygen atoms in total. The van der Waals surface area contributed by atoms with Crippen LogP contribution in [0.25, 0.3) is 0 Å². The summed E-state index contributed by atoms with van der Waals surface area (Å²) in [6.07, 6.45) is 0. The number of nitrogens with one attached hydrogen (secondary N) is 2. The average Bonchev–Trinajstić information content (AvgIpc) is 2.82. The van der Waals surface area contributed by atoms with Crippen molar-refractivity contribution in [1.82, 2.24) is 10.6 Å². The average molecular weight is 260 g/mol. The summed E-state index contributed by atoms with van der Waals surface area (Å²) in [6.45, 7) is 4.19. The van der Waals surface area contributed by atoms with Crippen molar-refractivity contribution in [2.75, 3.05) is 19.9 Å². The molecule has 19 heavy (non-hydrogen) atoms. The van der Waals surface area contributed by atoms with Crippen LogP contribution in [0, 0.1) is 0 Å². The Bertz CT molecular complexity index is 546. The maximum absolute atomic E-state index is 12.0. The van der Waals surface area contributed by atoms with Crippen molar-refractivity contribution in [3.05, 3.63) is 34.9 Å². The Labute approximate surface area is 111 Å². The quantitative estimate of drug-likeness (QED) is 0.794. The van der Waals surface area contributed by atoms with Crippen LogP contribution in [-0.2, 0) is 11.3 Å². The molecule has 5 heteroatoms. The highest BCUT2D eigenvalue weighted by molar-refractivity contribution is 5.94. The molecule has 1 amide bonds. The van der Waals surface area contributed by atoms with Crippen molar-refractivity contribution >= 4 is 5.91 Å². The maximum atomic E-state index is 12.0. The molecule has 1 aromatic rings. The molecule has 2 heterocycles. The zero-order valence-corrected chi connectivity index (χ0v) is 10.8. The van der Waals surface area contributed by atoms with Gasteiger partial charge in [0, 0.05) is 30.8 Å². The van der Waals surface area contributed by atoms with Gasteiger partial charge < -0.3 is 20.1 Å². The van der Waals surface area contributed by atoms with Crippen LogP contribution in [0.2, 0.25) is 0 Å². The van der Waals surface area contributed by atoms with Gasteiger partial charge in [-0.3, -0.25) is 4.79 Å². The molecule has 1 saturated heterocycles. The summed E-state index contributed by atoms with van der Waals surface area (Å²) in [6, 6.07) is 5.69. The molecule has 0 radical (unpaired) electrons. The van der Waals surface area contributed by atoms with Gasteiger partial charge in [0.15, 0.2) is 11.5 Å². The van der Waals surface area contributed by atoms with Crippen molar-refractivity contribution in [1.29, 1.82) is 0 Å². The lowest BCUT2D eigenvalue weighted by Gasteiger charge is -2.21. The molecule has 3 rings (SSSR count). The first-order valence-electron chi connectivity index (χ1n) is 6.31. The molecule has 2 N–H and O–H groups in total. The number of ether oxygens (including phenoxy) is 2. The van der Waals surface area contributed by atoms with Crippen LogP contribution in [0.15, 0.2) is 29.3 Å². The molecule has 0 unspecified atom stereocenters. The lowest BCUT2D eigenvalue weighted by Crippen LogP contribution is -2.37. The third-order valence-corrected chi connectivity index (χ3v) is 3.47. The van der Waals surface area contributed by atoms with Gasteiger partial charge in [-0.15, -0.1) is 0 Å². The van der Waals surface area contributed by atoms with Crippen LogP contribution in [0.5, 0.6) is 11.5 Å². The Morgan fingerprint density at radius 1 is 1.37 bits per heavy atom. The zero-order valence-electron chi connectivity index (χ0n) is 10.8. The SMILES string of the molecule is CC(C(=O)NCc1cccc2c1OCO2)=C1CNC1. The van der Waals surface area contributed by atoms with Gasteiger partial charge in [0.05, 0.1) is 0 Å². The Hall–Kier alpha value is -2.01. The summed E-state index contributed by atoms with van der Waals surface area (Å²) in [5, 5.41) is 6.05. The number of benzene rings is 1. The fourth-order valence-electron chi connectivity index (χ4n) is 2.11. The summed E-state index contributed by atoms with van der Waals surface area (Å²) in [5.74, 6) is 1.46. The molecule has 0 saturated carbocycles. The van der Waals surface area contributed by atoms with E-state index in [2.05, 4.69) is 10.6 Å².